The standard InChI is InChI=1S/C7H10O3S/c1-3-5-4(2)11-7(9)10-6(5)8/h4-5H,3H2,1-2H3. The SMILES string of the molecule is CCC1C(=O)OC(=O)SC1C. The fourth-order valence-corrected chi connectivity index (χ4v) is 2.01. The fraction of sp³-hybridized carbons (Fsp3) is 0.714. The van der Waals surface area contributed by atoms with E-state index in [1.54, 1.807) is 0 Å². The van der Waals surface area contributed by atoms with Crippen molar-refractivity contribution in [2.45, 2.75) is 25.5 Å². The Bertz CT molecular complexity index is 190. The lowest BCUT2D eigenvalue weighted by atomic mass is 10.0. The van der Waals surface area contributed by atoms with Crippen LogP contribution in [0, 0.1) is 5.92 Å². The third kappa shape index (κ3) is 1.74. The van der Waals surface area contributed by atoms with Crippen molar-refractivity contribution < 1.29 is 14.3 Å². The van der Waals surface area contributed by atoms with E-state index in [4.69, 9.17) is 0 Å². The second-order valence-corrected chi connectivity index (χ2v) is 3.82. The Labute approximate surface area is 69.5 Å². The van der Waals surface area contributed by atoms with Crippen molar-refractivity contribution in [1.82, 2.24) is 0 Å². The van der Waals surface area contributed by atoms with Crippen molar-refractivity contribution in [2.24, 2.45) is 5.92 Å². The summed E-state index contributed by atoms with van der Waals surface area (Å²) in [7, 11) is 0. The van der Waals surface area contributed by atoms with E-state index in [9.17, 15) is 9.59 Å². The molecule has 0 amide bonds. The summed E-state index contributed by atoms with van der Waals surface area (Å²) in [5.41, 5.74) is 0. The van der Waals surface area contributed by atoms with Crippen LogP contribution in [0.5, 0.6) is 0 Å². The highest BCUT2D eigenvalue weighted by atomic mass is 32.2. The third-order valence-electron chi connectivity index (χ3n) is 1.78. The van der Waals surface area contributed by atoms with Crippen LogP contribution in [0.2, 0.25) is 0 Å². The van der Waals surface area contributed by atoms with Crippen LogP contribution in [0.4, 0.5) is 4.79 Å². The summed E-state index contributed by atoms with van der Waals surface area (Å²) in [5, 5.41) is -0.402. The normalized spacial score (nSPS) is 31.8. The summed E-state index contributed by atoms with van der Waals surface area (Å²) in [6, 6.07) is 0. The van der Waals surface area contributed by atoms with E-state index in [1.165, 1.54) is 0 Å². The number of rotatable bonds is 1. The van der Waals surface area contributed by atoms with Crippen molar-refractivity contribution >= 4 is 23.0 Å². The molecule has 62 valence electrons. The Hall–Kier alpha value is -0.510. The molecule has 0 bridgehead atoms. The summed E-state index contributed by atoms with van der Waals surface area (Å²) >= 11 is 1.10. The molecule has 4 heteroatoms. The number of carbonyl (C=O) groups excluding carboxylic acids is 2. The Morgan fingerprint density at radius 2 is 2.18 bits per heavy atom. The first-order chi connectivity index (χ1) is 5.15. The van der Waals surface area contributed by atoms with Gasteiger partial charge in [-0.25, -0.2) is 4.79 Å². The monoisotopic (exact) mass is 174 g/mol. The van der Waals surface area contributed by atoms with Gasteiger partial charge in [-0.1, -0.05) is 13.8 Å². The minimum atomic E-state index is -0.466. The maximum Gasteiger partial charge on any atom is 0.375 e. The van der Waals surface area contributed by atoms with Gasteiger partial charge in [-0.15, -0.1) is 0 Å². The zero-order valence-corrected chi connectivity index (χ0v) is 7.31. The molecule has 0 aromatic carbocycles. The van der Waals surface area contributed by atoms with E-state index in [-0.39, 0.29) is 17.1 Å². The zero-order chi connectivity index (χ0) is 8.43. The lowest BCUT2D eigenvalue weighted by Crippen LogP contribution is -2.32. The van der Waals surface area contributed by atoms with Gasteiger partial charge in [0.05, 0.1) is 5.92 Å². The molecule has 2 atom stereocenters. The minimum Gasteiger partial charge on any atom is -0.384 e. The number of cyclic esters (lactones) is 2. The first kappa shape index (κ1) is 8.59. The zero-order valence-electron chi connectivity index (χ0n) is 6.49. The average Bonchev–Trinajstić information content (AvgIpc) is 1.85. The second-order valence-electron chi connectivity index (χ2n) is 2.51. The van der Waals surface area contributed by atoms with Crippen LogP contribution in [0.1, 0.15) is 20.3 Å². The molecule has 0 saturated carbocycles. The molecule has 0 aromatic rings. The van der Waals surface area contributed by atoms with E-state index >= 15 is 0 Å². The summed E-state index contributed by atoms with van der Waals surface area (Å²) in [6.07, 6.45) is 0.736. The molecule has 1 rings (SSSR count). The maximum atomic E-state index is 11.0. The molecular weight excluding hydrogens is 164 g/mol. The highest BCUT2D eigenvalue weighted by Crippen LogP contribution is 2.29. The Morgan fingerprint density at radius 1 is 1.55 bits per heavy atom. The van der Waals surface area contributed by atoms with Gasteiger partial charge in [0.2, 0.25) is 0 Å². The Balaban J connectivity index is 2.66. The van der Waals surface area contributed by atoms with E-state index < -0.39 is 5.30 Å². The number of hydrogen-bond donors (Lipinski definition) is 0. The van der Waals surface area contributed by atoms with Gasteiger partial charge in [-0.2, -0.15) is 0 Å². The average molecular weight is 174 g/mol. The molecule has 11 heavy (non-hydrogen) atoms. The topological polar surface area (TPSA) is 43.4 Å². The first-order valence-electron chi connectivity index (χ1n) is 3.57. The summed E-state index contributed by atoms with van der Waals surface area (Å²) in [5.74, 6) is -0.485. The summed E-state index contributed by atoms with van der Waals surface area (Å²) < 4.78 is 4.45. The van der Waals surface area contributed by atoms with Crippen LogP contribution in [0.25, 0.3) is 0 Å². The highest BCUT2D eigenvalue weighted by Gasteiger charge is 2.34. The number of thioether (sulfide) groups is 1. The van der Waals surface area contributed by atoms with E-state index in [0.717, 1.165) is 18.2 Å². The van der Waals surface area contributed by atoms with Crippen molar-refractivity contribution in [2.75, 3.05) is 0 Å². The number of carbonyl (C=O) groups is 2. The van der Waals surface area contributed by atoms with E-state index in [1.807, 2.05) is 13.8 Å². The molecular formula is C7H10O3S. The molecule has 0 aromatic heterocycles. The van der Waals surface area contributed by atoms with Gasteiger partial charge >= 0.3 is 11.3 Å². The van der Waals surface area contributed by atoms with Crippen molar-refractivity contribution in [3.05, 3.63) is 0 Å². The largest absolute Gasteiger partial charge is 0.384 e. The molecule has 0 radical (unpaired) electrons. The molecule has 1 fully saturated rings. The lowest BCUT2D eigenvalue weighted by Gasteiger charge is -2.23. The molecule has 0 spiro atoms. The third-order valence-corrected chi connectivity index (χ3v) is 2.75. The molecule has 3 nitrogen and oxygen atoms in total. The molecule has 0 N–H and O–H groups in total. The molecule has 1 heterocycles. The predicted molar refractivity (Wildman–Crippen MR) is 42.3 cm³/mol. The van der Waals surface area contributed by atoms with Crippen LogP contribution in [-0.4, -0.2) is 16.5 Å². The number of esters is 1. The van der Waals surface area contributed by atoms with Crippen LogP contribution in [0.15, 0.2) is 0 Å². The molecule has 1 aliphatic rings. The smallest absolute Gasteiger partial charge is 0.375 e. The van der Waals surface area contributed by atoms with Crippen LogP contribution >= 0.6 is 11.8 Å². The van der Waals surface area contributed by atoms with Gasteiger partial charge in [0.1, 0.15) is 0 Å². The van der Waals surface area contributed by atoms with Gasteiger partial charge in [0.25, 0.3) is 0 Å². The lowest BCUT2D eigenvalue weighted by molar-refractivity contribution is -0.141. The molecule has 1 aliphatic heterocycles. The van der Waals surface area contributed by atoms with Gasteiger partial charge in [0, 0.05) is 5.25 Å². The second kappa shape index (κ2) is 3.26. The molecule has 2 unspecified atom stereocenters. The van der Waals surface area contributed by atoms with Crippen molar-refractivity contribution in [3.8, 4) is 0 Å². The quantitative estimate of drug-likeness (QED) is 0.449. The van der Waals surface area contributed by atoms with E-state index in [2.05, 4.69) is 4.74 Å². The van der Waals surface area contributed by atoms with Crippen LogP contribution in [-0.2, 0) is 9.53 Å². The van der Waals surface area contributed by atoms with Crippen LogP contribution in [0.3, 0.4) is 0 Å². The first-order valence-corrected chi connectivity index (χ1v) is 4.45. The van der Waals surface area contributed by atoms with Crippen molar-refractivity contribution in [3.63, 3.8) is 0 Å². The Kier molecular flexibility index (Phi) is 2.54. The van der Waals surface area contributed by atoms with Gasteiger partial charge in [0.15, 0.2) is 0 Å². The van der Waals surface area contributed by atoms with Gasteiger partial charge in [-0.3, -0.25) is 4.79 Å². The molecule has 1 saturated heterocycles. The minimum absolute atomic E-state index is 0.0637. The maximum absolute atomic E-state index is 11.0. The summed E-state index contributed by atoms with van der Waals surface area (Å²) in [4.78, 5) is 21.7. The Morgan fingerprint density at radius 3 is 2.64 bits per heavy atom. The number of ether oxygens (including phenoxy) is 1. The number of hydrogen-bond acceptors (Lipinski definition) is 4. The molecule has 0 aliphatic carbocycles. The summed E-state index contributed by atoms with van der Waals surface area (Å²) in [6.45, 7) is 3.79. The van der Waals surface area contributed by atoms with Crippen molar-refractivity contribution in [1.29, 1.82) is 0 Å². The van der Waals surface area contributed by atoms with Gasteiger partial charge < -0.3 is 4.74 Å². The van der Waals surface area contributed by atoms with Gasteiger partial charge in [-0.05, 0) is 18.2 Å². The fourth-order valence-electron chi connectivity index (χ4n) is 1.11. The van der Waals surface area contributed by atoms with Crippen LogP contribution < -0.4 is 0 Å². The predicted octanol–water partition coefficient (Wildman–Crippen LogP) is 1.81. The van der Waals surface area contributed by atoms with E-state index in [0.29, 0.717) is 0 Å². The highest BCUT2D eigenvalue weighted by molar-refractivity contribution is 8.13.